The van der Waals surface area contributed by atoms with Crippen molar-refractivity contribution in [1.82, 2.24) is 4.98 Å². The second-order valence-corrected chi connectivity index (χ2v) is 3.97. The fourth-order valence-electron chi connectivity index (χ4n) is 1.66. The highest BCUT2D eigenvalue weighted by Crippen LogP contribution is 2.21. The van der Waals surface area contributed by atoms with Gasteiger partial charge in [0.15, 0.2) is 0 Å². The maximum absolute atomic E-state index is 9.41. The van der Waals surface area contributed by atoms with E-state index in [0.29, 0.717) is 12.4 Å². The predicted molar refractivity (Wildman–Crippen MR) is 67.7 cm³/mol. The average molecular weight is 245 g/mol. The molecule has 0 aliphatic heterocycles. The number of hydrogen-bond acceptors (Lipinski definition) is 4. The summed E-state index contributed by atoms with van der Waals surface area (Å²) in [6, 6.07) is 10.4. The fraction of sp³-hybridized carbons (Fsp3) is 0.214. The lowest BCUT2D eigenvalue weighted by Crippen LogP contribution is -2.14. The molecule has 0 fully saturated rings. The Balaban J connectivity index is 2.02. The van der Waals surface area contributed by atoms with E-state index in [1.165, 1.54) is 0 Å². The standard InChI is InChI=1S/C14H15NO3/c16-9-12(11-3-1-4-13(17)7-11)10-18-14-5-2-6-15-8-14/h1-8,12,16-17H,9-10H2. The van der Waals surface area contributed by atoms with Gasteiger partial charge in [0.1, 0.15) is 11.5 Å². The number of aliphatic hydroxyl groups excluding tert-OH is 1. The van der Waals surface area contributed by atoms with Crippen molar-refractivity contribution in [3.8, 4) is 11.5 Å². The molecule has 4 nitrogen and oxygen atoms in total. The number of aromatic hydroxyl groups is 1. The van der Waals surface area contributed by atoms with Gasteiger partial charge in [-0.05, 0) is 29.8 Å². The Morgan fingerprint density at radius 3 is 2.78 bits per heavy atom. The van der Waals surface area contributed by atoms with Crippen LogP contribution in [0, 0.1) is 0 Å². The summed E-state index contributed by atoms with van der Waals surface area (Å²) in [6.45, 7) is 0.301. The van der Waals surface area contributed by atoms with Crippen molar-refractivity contribution in [3.63, 3.8) is 0 Å². The van der Waals surface area contributed by atoms with Gasteiger partial charge >= 0.3 is 0 Å². The third kappa shape index (κ3) is 3.21. The maximum Gasteiger partial charge on any atom is 0.137 e. The van der Waals surface area contributed by atoms with Crippen LogP contribution in [-0.2, 0) is 0 Å². The van der Waals surface area contributed by atoms with E-state index in [1.54, 1.807) is 36.7 Å². The molecular weight excluding hydrogens is 230 g/mol. The maximum atomic E-state index is 9.41. The van der Waals surface area contributed by atoms with E-state index in [-0.39, 0.29) is 18.3 Å². The molecule has 0 spiro atoms. The van der Waals surface area contributed by atoms with E-state index >= 15 is 0 Å². The molecule has 2 aromatic rings. The first-order valence-corrected chi connectivity index (χ1v) is 5.72. The molecule has 1 atom stereocenters. The van der Waals surface area contributed by atoms with Gasteiger partial charge in [-0.2, -0.15) is 0 Å². The molecule has 1 aromatic carbocycles. The van der Waals surface area contributed by atoms with Crippen molar-refractivity contribution in [2.45, 2.75) is 5.92 Å². The topological polar surface area (TPSA) is 62.6 Å². The van der Waals surface area contributed by atoms with Crippen LogP contribution in [0.2, 0.25) is 0 Å². The Morgan fingerprint density at radius 1 is 1.22 bits per heavy atom. The van der Waals surface area contributed by atoms with Crippen molar-refractivity contribution < 1.29 is 14.9 Å². The van der Waals surface area contributed by atoms with Crippen LogP contribution in [0.3, 0.4) is 0 Å². The van der Waals surface area contributed by atoms with E-state index in [9.17, 15) is 10.2 Å². The lowest BCUT2D eigenvalue weighted by atomic mass is 10.0. The zero-order valence-electron chi connectivity index (χ0n) is 9.86. The summed E-state index contributed by atoms with van der Waals surface area (Å²) < 4.78 is 5.55. The van der Waals surface area contributed by atoms with Crippen molar-refractivity contribution in [2.75, 3.05) is 13.2 Å². The molecule has 0 amide bonds. The Bertz CT molecular complexity index is 487. The predicted octanol–water partition coefficient (Wildman–Crippen LogP) is 1.94. The molecule has 94 valence electrons. The summed E-state index contributed by atoms with van der Waals surface area (Å²) in [4.78, 5) is 3.95. The number of rotatable bonds is 5. The fourth-order valence-corrected chi connectivity index (χ4v) is 1.66. The molecular formula is C14H15NO3. The van der Waals surface area contributed by atoms with Gasteiger partial charge < -0.3 is 14.9 Å². The minimum Gasteiger partial charge on any atom is -0.508 e. The lowest BCUT2D eigenvalue weighted by Gasteiger charge is -2.15. The zero-order valence-corrected chi connectivity index (χ0v) is 9.86. The third-order valence-electron chi connectivity index (χ3n) is 2.65. The number of ether oxygens (including phenoxy) is 1. The van der Waals surface area contributed by atoms with E-state index in [1.807, 2.05) is 12.1 Å². The van der Waals surface area contributed by atoms with Gasteiger partial charge in [0, 0.05) is 12.1 Å². The molecule has 0 saturated carbocycles. The molecule has 4 heteroatoms. The summed E-state index contributed by atoms with van der Waals surface area (Å²) >= 11 is 0. The average Bonchev–Trinajstić information content (AvgIpc) is 2.41. The largest absolute Gasteiger partial charge is 0.508 e. The number of phenolic OH excluding ortho intramolecular Hbond substituents is 1. The summed E-state index contributed by atoms with van der Waals surface area (Å²) in [6.07, 6.45) is 3.29. The van der Waals surface area contributed by atoms with Crippen LogP contribution >= 0.6 is 0 Å². The van der Waals surface area contributed by atoms with E-state index in [4.69, 9.17) is 4.74 Å². The highest BCUT2D eigenvalue weighted by Gasteiger charge is 2.12. The van der Waals surface area contributed by atoms with Gasteiger partial charge in [0.2, 0.25) is 0 Å². The highest BCUT2D eigenvalue weighted by atomic mass is 16.5. The second kappa shape index (κ2) is 6.02. The van der Waals surface area contributed by atoms with Crippen LogP contribution in [0.25, 0.3) is 0 Å². The first kappa shape index (κ1) is 12.4. The lowest BCUT2D eigenvalue weighted by molar-refractivity contribution is 0.204. The van der Waals surface area contributed by atoms with Crippen LogP contribution < -0.4 is 4.74 Å². The Kier molecular flexibility index (Phi) is 4.15. The zero-order chi connectivity index (χ0) is 12.8. The SMILES string of the molecule is OCC(COc1cccnc1)c1cccc(O)c1. The quantitative estimate of drug-likeness (QED) is 0.845. The van der Waals surface area contributed by atoms with Gasteiger partial charge in [0.05, 0.1) is 19.4 Å². The van der Waals surface area contributed by atoms with Crippen molar-refractivity contribution in [3.05, 3.63) is 54.4 Å². The highest BCUT2D eigenvalue weighted by molar-refractivity contribution is 5.30. The summed E-state index contributed by atoms with van der Waals surface area (Å²) in [5, 5.41) is 18.8. The van der Waals surface area contributed by atoms with Gasteiger partial charge in [-0.1, -0.05) is 12.1 Å². The molecule has 2 N–H and O–H groups in total. The van der Waals surface area contributed by atoms with Crippen molar-refractivity contribution >= 4 is 0 Å². The number of benzene rings is 1. The molecule has 0 aliphatic carbocycles. The van der Waals surface area contributed by atoms with Crippen LogP contribution in [-0.4, -0.2) is 28.4 Å². The van der Waals surface area contributed by atoms with Crippen molar-refractivity contribution in [2.24, 2.45) is 0 Å². The van der Waals surface area contributed by atoms with Gasteiger partial charge in [-0.15, -0.1) is 0 Å². The van der Waals surface area contributed by atoms with Gasteiger partial charge in [-0.3, -0.25) is 4.98 Å². The Labute approximate surface area is 106 Å². The minimum atomic E-state index is -0.169. The third-order valence-corrected chi connectivity index (χ3v) is 2.65. The first-order chi connectivity index (χ1) is 8.79. The number of nitrogens with zero attached hydrogens (tertiary/aromatic N) is 1. The molecule has 1 aromatic heterocycles. The van der Waals surface area contributed by atoms with Crippen LogP contribution in [0.5, 0.6) is 11.5 Å². The molecule has 2 rings (SSSR count). The van der Waals surface area contributed by atoms with Crippen molar-refractivity contribution in [1.29, 1.82) is 0 Å². The van der Waals surface area contributed by atoms with E-state index < -0.39 is 0 Å². The van der Waals surface area contributed by atoms with Gasteiger partial charge in [-0.25, -0.2) is 0 Å². The molecule has 0 bridgehead atoms. The van der Waals surface area contributed by atoms with Gasteiger partial charge in [0.25, 0.3) is 0 Å². The number of hydrogen-bond donors (Lipinski definition) is 2. The van der Waals surface area contributed by atoms with Crippen LogP contribution in [0.1, 0.15) is 11.5 Å². The first-order valence-electron chi connectivity index (χ1n) is 5.72. The van der Waals surface area contributed by atoms with E-state index in [2.05, 4.69) is 4.98 Å². The molecule has 1 unspecified atom stereocenters. The van der Waals surface area contributed by atoms with Crippen LogP contribution in [0.15, 0.2) is 48.8 Å². The normalized spacial score (nSPS) is 12.1. The number of pyridine rings is 1. The number of phenols is 1. The van der Waals surface area contributed by atoms with Crippen LogP contribution in [0.4, 0.5) is 0 Å². The Hall–Kier alpha value is -2.07. The summed E-state index contributed by atoms with van der Waals surface area (Å²) in [5.74, 6) is 0.681. The smallest absolute Gasteiger partial charge is 0.137 e. The monoisotopic (exact) mass is 245 g/mol. The molecule has 18 heavy (non-hydrogen) atoms. The Morgan fingerprint density at radius 2 is 2.11 bits per heavy atom. The molecule has 0 radical (unpaired) electrons. The number of aliphatic hydroxyl groups is 1. The summed E-state index contributed by atoms with van der Waals surface area (Å²) in [5.41, 5.74) is 0.849. The molecule has 1 heterocycles. The van der Waals surface area contributed by atoms with E-state index in [0.717, 1.165) is 5.56 Å². The molecule has 0 saturated heterocycles. The minimum absolute atomic E-state index is 0.0380. The second-order valence-electron chi connectivity index (χ2n) is 3.97. The number of aromatic nitrogens is 1. The summed E-state index contributed by atoms with van der Waals surface area (Å²) in [7, 11) is 0. The molecule has 0 aliphatic rings.